The number of carbonyl (C=O) groups excluding carboxylic acids is 1. The average Bonchev–Trinajstić information content (AvgIpc) is 2.66. The first-order chi connectivity index (χ1) is 13.7. The third-order valence-corrected chi connectivity index (χ3v) is 5.77. The summed E-state index contributed by atoms with van der Waals surface area (Å²) in [6.45, 7) is 2.04. The minimum absolute atomic E-state index is 0.131. The summed E-state index contributed by atoms with van der Waals surface area (Å²) in [6, 6.07) is 10.4. The fraction of sp³-hybridized carbons (Fsp3) is 0.350. The molecule has 0 spiro atoms. The first kappa shape index (κ1) is 22.8. The van der Waals surface area contributed by atoms with Gasteiger partial charge in [-0.2, -0.15) is 0 Å². The van der Waals surface area contributed by atoms with Gasteiger partial charge in [0, 0.05) is 25.1 Å². The van der Waals surface area contributed by atoms with Gasteiger partial charge in [-0.05, 0) is 25.0 Å². The third kappa shape index (κ3) is 6.01. The van der Waals surface area contributed by atoms with Crippen LogP contribution in [0.5, 0.6) is 11.5 Å². The van der Waals surface area contributed by atoms with Crippen molar-refractivity contribution in [1.82, 2.24) is 0 Å². The molecule has 0 saturated carbocycles. The SMILES string of the molecule is COc1cc(NC(=O)CCCN(c2ccccc2C)S(C)(=O)=O)c(OC)cc1Cl. The van der Waals surface area contributed by atoms with Crippen molar-refractivity contribution < 1.29 is 22.7 Å². The molecule has 0 heterocycles. The molecule has 0 aliphatic heterocycles. The Morgan fingerprint density at radius 2 is 1.79 bits per heavy atom. The summed E-state index contributed by atoms with van der Waals surface area (Å²) in [4.78, 5) is 12.4. The van der Waals surface area contributed by atoms with Crippen molar-refractivity contribution in [1.29, 1.82) is 0 Å². The molecule has 2 aromatic rings. The van der Waals surface area contributed by atoms with E-state index in [0.29, 0.717) is 34.3 Å². The molecule has 0 fully saturated rings. The Labute approximate surface area is 176 Å². The van der Waals surface area contributed by atoms with Gasteiger partial charge in [0.1, 0.15) is 11.5 Å². The Hall–Kier alpha value is -2.45. The Morgan fingerprint density at radius 3 is 2.38 bits per heavy atom. The van der Waals surface area contributed by atoms with Crippen molar-refractivity contribution in [2.75, 3.05) is 36.6 Å². The van der Waals surface area contributed by atoms with Crippen molar-refractivity contribution in [3.63, 3.8) is 0 Å². The van der Waals surface area contributed by atoms with E-state index >= 15 is 0 Å². The van der Waals surface area contributed by atoms with E-state index in [1.807, 2.05) is 19.1 Å². The van der Waals surface area contributed by atoms with E-state index in [9.17, 15) is 13.2 Å². The topological polar surface area (TPSA) is 84.9 Å². The molecule has 0 bridgehead atoms. The molecule has 158 valence electrons. The highest BCUT2D eigenvalue weighted by atomic mass is 35.5. The number of nitrogens with zero attached hydrogens (tertiary/aromatic N) is 1. The Balaban J connectivity index is 2.06. The maximum Gasteiger partial charge on any atom is 0.232 e. The summed E-state index contributed by atoms with van der Waals surface area (Å²) in [6.07, 6.45) is 1.64. The Bertz CT molecular complexity index is 979. The van der Waals surface area contributed by atoms with Gasteiger partial charge in [-0.1, -0.05) is 29.8 Å². The number of ether oxygens (including phenoxy) is 2. The molecule has 0 unspecified atom stereocenters. The molecular weight excluding hydrogens is 416 g/mol. The summed E-state index contributed by atoms with van der Waals surface area (Å²) in [5, 5.41) is 3.12. The zero-order valence-corrected chi connectivity index (χ0v) is 18.4. The second-order valence-corrected chi connectivity index (χ2v) is 8.77. The highest BCUT2D eigenvalue weighted by Crippen LogP contribution is 2.36. The Morgan fingerprint density at radius 1 is 1.14 bits per heavy atom. The normalized spacial score (nSPS) is 11.1. The summed E-state index contributed by atoms with van der Waals surface area (Å²) >= 11 is 6.07. The van der Waals surface area contributed by atoms with Crippen LogP contribution in [0.3, 0.4) is 0 Å². The number of para-hydroxylation sites is 1. The third-order valence-electron chi connectivity index (χ3n) is 4.30. The van der Waals surface area contributed by atoms with E-state index in [1.54, 1.807) is 24.3 Å². The number of rotatable bonds is 9. The second kappa shape index (κ2) is 9.84. The summed E-state index contributed by atoms with van der Waals surface area (Å²) in [7, 11) is -0.522. The lowest BCUT2D eigenvalue weighted by molar-refractivity contribution is -0.116. The van der Waals surface area contributed by atoms with Crippen molar-refractivity contribution in [2.24, 2.45) is 0 Å². The molecule has 9 heteroatoms. The van der Waals surface area contributed by atoms with Crippen LogP contribution in [0.4, 0.5) is 11.4 Å². The lowest BCUT2D eigenvalue weighted by Crippen LogP contribution is -2.32. The van der Waals surface area contributed by atoms with E-state index in [4.69, 9.17) is 21.1 Å². The predicted octanol–water partition coefficient (Wildman–Crippen LogP) is 3.85. The molecule has 2 aromatic carbocycles. The number of hydrogen-bond donors (Lipinski definition) is 1. The zero-order valence-electron chi connectivity index (χ0n) is 16.9. The first-order valence-corrected chi connectivity index (χ1v) is 11.1. The lowest BCUT2D eigenvalue weighted by atomic mass is 10.2. The average molecular weight is 441 g/mol. The van der Waals surface area contributed by atoms with Crippen molar-refractivity contribution in [3.05, 3.63) is 47.0 Å². The van der Waals surface area contributed by atoms with Crippen LogP contribution >= 0.6 is 11.6 Å². The molecule has 0 radical (unpaired) electrons. The van der Waals surface area contributed by atoms with Gasteiger partial charge in [0.2, 0.25) is 15.9 Å². The van der Waals surface area contributed by atoms with Crippen LogP contribution in [-0.2, 0) is 14.8 Å². The molecule has 1 amide bonds. The number of methoxy groups -OCH3 is 2. The number of benzene rings is 2. The molecule has 0 saturated heterocycles. The first-order valence-electron chi connectivity index (χ1n) is 8.92. The maximum atomic E-state index is 12.4. The number of nitrogens with one attached hydrogen (secondary N) is 1. The van der Waals surface area contributed by atoms with Gasteiger partial charge >= 0.3 is 0 Å². The highest BCUT2D eigenvalue weighted by molar-refractivity contribution is 7.92. The van der Waals surface area contributed by atoms with Crippen LogP contribution in [0.15, 0.2) is 36.4 Å². The number of halogens is 1. The molecular formula is C20H25ClN2O5S. The number of hydrogen-bond acceptors (Lipinski definition) is 5. The van der Waals surface area contributed by atoms with Gasteiger partial charge in [0.25, 0.3) is 0 Å². The van der Waals surface area contributed by atoms with E-state index in [0.717, 1.165) is 11.8 Å². The van der Waals surface area contributed by atoms with Crippen LogP contribution in [0.2, 0.25) is 5.02 Å². The number of sulfonamides is 1. The van der Waals surface area contributed by atoms with Crippen LogP contribution in [-0.4, -0.2) is 41.3 Å². The minimum Gasteiger partial charge on any atom is -0.495 e. The monoisotopic (exact) mass is 440 g/mol. The predicted molar refractivity (Wildman–Crippen MR) is 116 cm³/mol. The van der Waals surface area contributed by atoms with Crippen molar-refractivity contribution >= 4 is 38.9 Å². The summed E-state index contributed by atoms with van der Waals surface area (Å²) in [5.74, 6) is 0.540. The molecule has 0 aliphatic carbocycles. The number of anilines is 2. The fourth-order valence-corrected chi connectivity index (χ4v) is 4.12. The van der Waals surface area contributed by atoms with Crippen LogP contribution in [0, 0.1) is 6.92 Å². The standard InChI is InChI=1S/C20H25ClN2O5S/c1-14-8-5-6-9-17(14)23(29(4,25)26)11-7-10-20(24)22-16-13-18(27-2)15(21)12-19(16)28-3/h5-6,8-9,12-13H,7,10-11H2,1-4H3,(H,22,24). The molecule has 2 rings (SSSR count). The van der Waals surface area contributed by atoms with Gasteiger partial charge < -0.3 is 14.8 Å². The van der Waals surface area contributed by atoms with E-state index < -0.39 is 10.0 Å². The quantitative estimate of drug-likeness (QED) is 0.640. The van der Waals surface area contributed by atoms with E-state index in [2.05, 4.69) is 5.32 Å². The lowest BCUT2D eigenvalue weighted by Gasteiger charge is -2.24. The molecule has 1 N–H and O–H groups in total. The minimum atomic E-state index is -3.47. The van der Waals surface area contributed by atoms with Gasteiger partial charge in [-0.15, -0.1) is 0 Å². The maximum absolute atomic E-state index is 12.4. The van der Waals surface area contributed by atoms with Crippen LogP contribution in [0.25, 0.3) is 0 Å². The number of amides is 1. The van der Waals surface area contributed by atoms with E-state index in [1.165, 1.54) is 18.5 Å². The molecule has 0 aromatic heterocycles. The fourth-order valence-electron chi connectivity index (χ4n) is 2.86. The molecule has 0 aliphatic rings. The van der Waals surface area contributed by atoms with Gasteiger partial charge in [0.15, 0.2) is 0 Å². The highest BCUT2D eigenvalue weighted by Gasteiger charge is 2.19. The molecule has 0 atom stereocenters. The zero-order chi connectivity index (χ0) is 21.6. The molecule has 7 nitrogen and oxygen atoms in total. The molecule has 29 heavy (non-hydrogen) atoms. The van der Waals surface area contributed by atoms with E-state index in [-0.39, 0.29) is 18.9 Å². The van der Waals surface area contributed by atoms with Gasteiger partial charge in [0.05, 0.1) is 36.9 Å². The second-order valence-electron chi connectivity index (χ2n) is 6.46. The number of carbonyl (C=O) groups is 1. The van der Waals surface area contributed by atoms with Crippen LogP contribution in [0.1, 0.15) is 18.4 Å². The Kier molecular flexibility index (Phi) is 7.75. The number of aryl methyl sites for hydroxylation is 1. The van der Waals surface area contributed by atoms with Gasteiger partial charge in [-0.25, -0.2) is 8.42 Å². The largest absolute Gasteiger partial charge is 0.495 e. The van der Waals surface area contributed by atoms with Crippen LogP contribution < -0.4 is 19.1 Å². The van der Waals surface area contributed by atoms with Crippen molar-refractivity contribution in [2.45, 2.75) is 19.8 Å². The summed E-state index contributed by atoms with van der Waals surface area (Å²) < 4.78 is 36.2. The van der Waals surface area contributed by atoms with Crippen molar-refractivity contribution in [3.8, 4) is 11.5 Å². The summed E-state index contributed by atoms with van der Waals surface area (Å²) in [5.41, 5.74) is 1.89. The smallest absolute Gasteiger partial charge is 0.232 e. The van der Waals surface area contributed by atoms with Gasteiger partial charge in [-0.3, -0.25) is 9.10 Å².